The Morgan fingerprint density at radius 2 is 1.93 bits per heavy atom. The van der Waals surface area contributed by atoms with Crippen LogP contribution in [0.2, 0.25) is 0 Å². The first-order valence-corrected chi connectivity index (χ1v) is 9.02. The third-order valence-electron chi connectivity index (χ3n) is 4.67. The molecule has 0 aliphatic heterocycles. The molecule has 1 amide bonds. The summed E-state index contributed by atoms with van der Waals surface area (Å²) >= 11 is 0. The summed E-state index contributed by atoms with van der Waals surface area (Å²) in [5, 5.41) is 6.85. The van der Waals surface area contributed by atoms with Crippen LogP contribution in [0.4, 0.5) is 5.69 Å². The minimum absolute atomic E-state index is 0.137. The SMILES string of the molecule is CNC(=O)c1cccc(NCc2cc(=O)oc3cc(C)c(C(C)C)cc23)c1. The molecule has 140 valence electrons. The molecule has 0 fully saturated rings. The summed E-state index contributed by atoms with van der Waals surface area (Å²) in [5.41, 5.74) is 4.85. The Bertz CT molecular complexity index is 1050. The monoisotopic (exact) mass is 364 g/mol. The van der Waals surface area contributed by atoms with E-state index in [0.29, 0.717) is 23.6 Å². The summed E-state index contributed by atoms with van der Waals surface area (Å²) in [6, 6.07) is 12.8. The molecule has 0 aliphatic carbocycles. The van der Waals surface area contributed by atoms with Gasteiger partial charge in [-0.15, -0.1) is 0 Å². The molecule has 5 nitrogen and oxygen atoms in total. The number of nitrogens with one attached hydrogen (secondary N) is 2. The molecule has 27 heavy (non-hydrogen) atoms. The Morgan fingerprint density at radius 3 is 2.63 bits per heavy atom. The van der Waals surface area contributed by atoms with Crippen LogP contribution in [0, 0.1) is 6.92 Å². The van der Waals surface area contributed by atoms with Gasteiger partial charge in [-0.3, -0.25) is 4.79 Å². The maximum Gasteiger partial charge on any atom is 0.336 e. The van der Waals surface area contributed by atoms with Crippen LogP contribution < -0.4 is 16.3 Å². The van der Waals surface area contributed by atoms with E-state index in [9.17, 15) is 9.59 Å². The molecule has 5 heteroatoms. The molecule has 0 saturated carbocycles. The lowest BCUT2D eigenvalue weighted by Crippen LogP contribution is -2.17. The first-order chi connectivity index (χ1) is 12.9. The lowest BCUT2D eigenvalue weighted by molar-refractivity contribution is 0.0963. The zero-order valence-corrected chi connectivity index (χ0v) is 16.1. The Morgan fingerprint density at radius 1 is 1.15 bits per heavy atom. The first-order valence-electron chi connectivity index (χ1n) is 9.02. The number of aryl methyl sites for hydroxylation is 1. The van der Waals surface area contributed by atoms with Gasteiger partial charge < -0.3 is 15.1 Å². The van der Waals surface area contributed by atoms with Crippen LogP contribution in [0.1, 0.15) is 46.8 Å². The Labute approximate surface area is 158 Å². The molecule has 1 heterocycles. The fourth-order valence-electron chi connectivity index (χ4n) is 3.27. The standard InChI is InChI=1S/C22H24N2O3/c1-13(2)18-11-19-16(10-21(25)27-20(19)8-14(18)3)12-24-17-7-5-6-15(9-17)22(26)23-4/h5-11,13,24H,12H2,1-4H3,(H,23,26). The van der Waals surface area contributed by atoms with E-state index in [-0.39, 0.29) is 11.5 Å². The zero-order valence-electron chi connectivity index (χ0n) is 16.1. The highest BCUT2D eigenvalue weighted by Crippen LogP contribution is 2.27. The fraction of sp³-hybridized carbons (Fsp3) is 0.273. The molecule has 0 unspecified atom stereocenters. The van der Waals surface area contributed by atoms with Crippen molar-refractivity contribution >= 4 is 22.6 Å². The highest BCUT2D eigenvalue weighted by atomic mass is 16.4. The molecule has 2 aromatic carbocycles. The minimum Gasteiger partial charge on any atom is -0.423 e. The highest BCUT2D eigenvalue weighted by Gasteiger charge is 2.11. The zero-order chi connectivity index (χ0) is 19.6. The number of hydrogen-bond donors (Lipinski definition) is 2. The number of fused-ring (bicyclic) bond motifs is 1. The van der Waals surface area contributed by atoms with E-state index in [4.69, 9.17) is 4.42 Å². The van der Waals surface area contributed by atoms with Crippen molar-refractivity contribution in [1.82, 2.24) is 5.32 Å². The predicted molar refractivity (Wildman–Crippen MR) is 108 cm³/mol. The van der Waals surface area contributed by atoms with Crippen molar-refractivity contribution in [3.8, 4) is 0 Å². The van der Waals surface area contributed by atoms with Crippen LogP contribution in [0.25, 0.3) is 11.0 Å². The van der Waals surface area contributed by atoms with Gasteiger partial charge in [-0.1, -0.05) is 19.9 Å². The molecule has 0 radical (unpaired) electrons. The molecule has 0 spiro atoms. The van der Waals surface area contributed by atoms with Gasteiger partial charge in [-0.05, 0) is 59.9 Å². The predicted octanol–water partition coefficient (Wildman–Crippen LogP) is 4.20. The number of benzene rings is 2. The summed E-state index contributed by atoms with van der Waals surface area (Å²) < 4.78 is 5.40. The van der Waals surface area contributed by atoms with E-state index >= 15 is 0 Å². The number of rotatable bonds is 5. The van der Waals surface area contributed by atoms with Crippen molar-refractivity contribution < 1.29 is 9.21 Å². The lowest BCUT2D eigenvalue weighted by Gasteiger charge is -2.14. The van der Waals surface area contributed by atoms with E-state index in [1.165, 1.54) is 11.6 Å². The van der Waals surface area contributed by atoms with Crippen LogP contribution in [-0.2, 0) is 6.54 Å². The summed E-state index contributed by atoms with van der Waals surface area (Å²) in [4.78, 5) is 23.8. The number of amides is 1. The highest BCUT2D eigenvalue weighted by molar-refractivity contribution is 5.94. The third-order valence-corrected chi connectivity index (χ3v) is 4.67. The largest absolute Gasteiger partial charge is 0.423 e. The van der Waals surface area contributed by atoms with Gasteiger partial charge in [-0.25, -0.2) is 4.79 Å². The molecule has 0 saturated heterocycles. The summed E-state index contributed by atoms with van der Waals surface area (Å²) in [7, 11) is 1.60. The molecule has 3 aromatic rings. The van der Waals surface area contributed by atoms with E-state index in [1.54, 1.807) is 19.2 Å². The van der Waals surface area contributed by atoms with Gasteiger partial charge in [0.05, 0.1) is 0 Å². The van der Waals surface area contributed by atoms with Gasteiger partial charge in [0, 0.05) is 36.3 Å². The lowest BCUT2D eigenvalue weighted by atomic mass is 9.95. The Kier molecular flexibility index (Phi) is 5.31. The second-order valence-electron chi connectivity index (χ2n) is 6.96. The van der Waals surface area contributed by atoms with Crippen molar-refractivity contribution in [2.75, 3.05) is 12.4 Å². The number of anilines is 1. The fourth-order valence-corrected chi connectivity index (χ4v) is 3.27. The van der Waals surface area contributed by atoms with Crippen molar-refractivity contribution in [3.63, 3.8) is 0 Å². The van der Waals surface area contributed by atoms with E-state index in [1.807, 2.05) is 25.1 Å². The molecule has 3 rings (SSSR count). The Balaban J connectivity index is 1.96. The van der Waals surface area contributed by atoms with Crippen LogP contribution in [0.15, 0.2) is 51.7 Å². The molecular weight excluding hydrogens is 340 g/mol. The molecular formula is C22H24N2O3. The molecule has 0 aliphatic rings. The topological polar surface area (TPSA) is 71.3 Å². The van der Waals surface area contributed by atoms with Crippen LogP contribution >= 0.6 is 0 Å². The molecule has 2 N–H and O–H groups in total. The molecule has 0 atom stereocenters. The third kappa shape index (κ3) is 4.03. The van der Waals surface area contributed by atoms with Crippen LogP contribution in [0.5, 0.6) is 0 Å². The van der Waals surface area contributed by atoms with Crippen molar-refractivity contribution in [2.24, 2.45) is 0 Å². The molecule has 1 aromatic heterocycles. The average molecular weight is 364 g/mol. The van der Waals surface area contributed by atoms with E-state index in [0.717, 1.165) is 22.2 Å². The normalized spacial score (nSPS) is 11.0. The van der Waals surface area contributed by atoms with E-state index in [2.05, 4.69) is 30.5 Å². The van der Waals surface area contributed by atoms with Gasteiger partial charge in [0.1, 0.15) is 5.58 Å². The summed E-state index contributed by atoms with van der Waals surface area (Å²) in [5.74, 6) is 0.243. The quantitative estimate of drug-likeness (QED) is 0.666. The van der Waals surface area contributed by atoms with Crippen molar-refractivity contribution in [2.45, 2.75) is 33.2 Å². The maximum atomic E-state index is 12.0. The van der Waals surface area contributed by atoms with E-state index < -0.39 is 0 Å². The maximum absolute atomic E-state index is 12.0. The second kappa shape index (κ2) is 7.66. The number of carbonyl (C=O) groups is 1. The second-order valence-corrected chi connectivity index (χ2v) is 6.96. The van der Waals surface area contributed by atoms with Crippen molar-refractivity contribution in [1.29, 1.82) is 0 Å². The summed E-state index contributed by atoms with van der Waals surface area (Å²) in [6.07, 6.45) is 0. The number of carbonyl (C=O) groups excluding carboxylic acids is 1. The van der Waals surface area contributed by atoms with Gasteiger partial charge in [0.15, 0.2) is 0 Å². The smallest absolute Gasteiger partial charge is 0.336 e. The minimum atomic E-state index is -0.366. The van der Waals surface area contributed by atoms with Crippen molar-refractivity contribution in [3.05, 3.63) is 75.1 Å². The van der Waals surface area contributed by atoms with Gasteiger partial charge in [-0.2, -0.15) is 0 Å². The number of hydrogen-bond acceptors (Lipinski definition) is 4. The molecule has 0 bridgehead atoms. The first kappa shape index (κ1) is 18.7. The Hall–Kier alpha value is -3.08. The average Bonchev–Trinajstić information content (AvgIpc) is 2.64. The van der Waals surface area contributed by atoms with Gasteiger partial charge in [0.25, 0.3) is 5.91 Å². The van der Waals surface area contributed by atoms with Crippen LogP contribution in [0.3, 0.4) is 0 Å². The van der Waals surface area contributed by atoms with Crippen LogP contribution in [-0.4, -0.2) is 13.0 Å². The van der Waals surface area contributed by atoms with Gasteiger partial charge in [0.2, 0.25) is 0 Å². The summed E-state index contributed by atoms with van der Waals surface area (Å²) in [6.45, 7) is 6.79. The van der Waals surface area contributed by atoms with Gasteiger partial charge >= 0.3 is 5.63 Å².